The number of hydrogen-bond donors (Lipinski definition) is 1. The first-order chi connectivity index (χ1) is 12.9. The summed E-state index contributed by atoms with van der Waals surface area (Å²) in [4.78, 5) is 14.4. The van der Waals surface area contributed by atoms with E-state index >= 15 is 0 Å². The molecular formula is C23H32N2O2. The predicted molar refractivity (Wildman–Crippen MR) is 113 cm³/mol. The summed E-state index contributed by atoms with van der Waals surface area (Å²) in [5, 5.41) is 3.50. The first-order valence-electron chi connectivity index (χ1n) is 9.82. The molecule has 0 heterocycles. The van der Waals surface area contributed by atoms with Gasteiger partial charge in [0.1, 0.15) is 5.60 Å². The number of nitrogens with zero attached hydrogens (tertiary/aromatic N) is 1. The van der Waals surface area contributed by atoms with E-state index in [4.69, 9.17) is 4.74 Å². The number of rotatable bonds is 5. The molecule has 1 amide bonds. The Morgan fingerprint density at radius 1 is 1.07 bits per heavy atom. The summed E-state index contributed by atoms with van der Waals surface area (Å²) in [6.45, 7) is 10.1. The van der Waals surface area contributed by atoms with Crippen LogP contribution in [0.5, 0.6) is 0 Å². The molecule has 1 aliphatic rings. The molecular weight excluding hydrogens is 336 g/mol. The van der Waals surface area contributed by atoms with Gasteiger partial charge < -0.3 is 10.1 Å². The second kappa shape index (κ2) is 9.45. The van der Waals surface area contributed by atoms with Crippen LogP contribution in [0.2, 0.25) is 0 Å². The summed E-state index contributed by atoms with van der Waals surface area (Å²) < 4.78 is 5.60. The van der Waals surface area contributed by atoms with Gasteiger partial charge in [-0.1, -0.05) is 44.2 Å². The van der Waals surface area contributed by atoms with Crippen LogP contribution < -0.4 is 10.2 Å². The van der Waals surface area contributed by atoms with Gasteiger partial charge in [0.2, 0.25) is 0 Å². The highest BCUT2D eigenvalue weighted by atomic mass is 16.6. The lowest BCUT2D eigenvalue weighted by Gasteiger charge is -2.27. The lowest BCUT2D eigenvalue weighted by molar-refractivity contribution is 0.0577. The summed E-state index contributed by atoms with van der Waals surface area (Å²) in [5.74, 6) is 0. The number of ether oxygens (including phenoxy) is 1. The molecule has 1 N–H and O–H groups in total. The topological polar surface area (TPSA) is 41.6 Å². The zero-order valence-electron chi connectivity index (χ0n) is 17.2. The third-order valence-electron chi connectivity index (χ3n) is 3.90. The number of amides is 1. The fourth-order valence-electron chi connectivity index (χ4n) is 2.59. The average molecular weight is 369 g/mol. The van der Waals surface area contributed by atoms with Crippen molar-refractivity contribution < 1.29 is 9.53 Å². The van der Waals surface area contributed by atoms with Crippen LogP contribution in [0.1, 0.15) is 53.0 Å². The second-order valence-electron chi connectivity index (χ2n) is 7.52. The largest absolute Gasteiger partial charge is 0.443 e. The zero-order valence-corrected chi connectivity index (χ0v) is 17.2. The van der Waals surface area contributed by atoms with Crippen molar-refractivity contribution in [3.63, 3.8) is 0 Å². The van der Waals surface area contributed by atoms with Crippen LogP contribution in [-0.2, 0) is 11.3 Å². The lowest BCUT2D eigenvalue weighted by atomic mass is 10.1. The maximum Gasteiger partial charge on any atom is 0.415 e. The van der Waals surface area contributed by atoms with Crippen molar-refractivity contribution in [2.75, 3.05) is 10.2 Å². The Morgan fingerprint density at radius 3 is 2.33 bits per heavy atom. The molecule has 2 aromatic carbocycles. The van der Waals surface area contributed by atoms with Crippen molar-refractivity contribution in [2.24, 2.45) is 0 Å². The molecule has 146 valence electrons. The molecule has 1 fully saturated rings. The van der Waals surface area contributed by atoms with Crippen LogP contribution in [0.15, 0.2) is 54.6 Å². The monoisotopic (exact) mass is 368 g/mol. The molecule has 0 aromatic heterocycles. The number of hydrogen-bond acceptors (Lipinski definition) is 3. The quantitative estimate of drug-likeness (QED) is 0.680. The Hall–Kier alpha value is -2.49. The normalized spacial score (nSPS) is 13.2. The summed E-state index contributed by atoms with van der Waals surface area (Å²) in [7, 11) is 0. The first kappa shape index (κ1) is 20.8. The van der Waals surface area contributed by atoms with Gasteiger partial charge in [-0.25, -0.2) is 4.79 Å². The van der Waals surface area contributed by atoms with E-state index in [1.54, 1.807) is 4.90 Å². The Labute approximate surface area is 163 Å². The molecule has 0 unspecified atom stereocenters. The smallest absolute Gasteiger partial charge is 0.415 e. The van der Waals surface area contributed by atoms with Gasteiger partial charge >= 0.3 is 6.09 Å². The maximum atomic E-state index is 12.7. The van der Waals surface area contributed by atoms with Gasteiger partial charge in [-0.05, 0) is 63.4 Å². The maximum absolute atomic E-state index is 12.7. The number of nitrogens with one attached hydrogen (secondary N) is 1. The van der Waals surface area contributed by atoms with Crippen molar-refractivity contribution >= 4 is 17.5 Å². The predicted octanol–water partition coefficient (Wildman–Crippen LogP) is 6.23. The van der Waals surface area contributed by atoms with Gasteiger partial charge in [0, 0.05) is 17.4 Å². The van der Waals surface area contributed by atoms with Gasteiger partial charge in [0.05, 0.1) is 6.54 Å². The molecule has 1 aliphatic carbocycles. The first-order valence-corrected chi connectivity index (χ1v) is 9.82. The number of carbonyl (C=O) groups is 1. The van der Waals surface area contributed by atoms with E-state index in [-0.39, 0.29) is 6.09 Å². The molecule has 0 bridgehead atoms. The summed E-state index contributed by atoms with van der Waals surface area (Å²) in [6, 6.07) is 18.5. The lowest BCUT2D eigenvalue weighted by Crippen LogP contribution is -2.36. The molecule has 2 aromatic rings. The SMILES string of the molecule is CC.CC(C)(C)OC(=O)N(Cc1cccc(NC2CC2)c1)c1ccccc1. The molecule has 0 radical (unpaired) electrons. The van der Waals surface area contributed by atoms with E-state index in [9.17, 15) is 4.79 Å². The Bertz CT molecular complexity index is 719. The minimum atomic E-state index is -0.528. The highest BCUT2D eigenvalue weighted by molar-refractivity contribution is 5.87. The number of carbonyl (C=O) groups excluding carboxylic acids is 1. The van der Waals surface area contributed by atoms with E-state index in [2.05, 4.69) is 17.4 Å². The molecule has 27 heavy (non-hydrogen) atoms. The minimum absolute atomic E-state index is 0.334. The van der Waals surface area contributed by atoms with E-state index in [0.717, 1.165) is 16.9 Å². The zero-order chi connectivity index (χ0) is 19.9. The van der Waals surface area contributed by atoms with Gasteiger partial charge in [-0.2, -0.15) is 0 Å². The molecule has 3 rings (SSSR count). The molecule has 0 aliphatic heterocycles. The third-order valence-corrected chi connectivity index (χ3v) is 3.90. The molecule has 0 atom stereocenters. The van der Waals surface area contributed by atoms with E-state index < -0.39 is 5.60 Å². The Balaban J connectivity index is 0.00000126. The molecule has 4 heteroatoms. The van der Waals surface area contributed by atoms with Gasteiger partial charge in [0.25, 0.3) is 0 Å². The van der Waals surface area contributed by atoms with Crippen LogP contribution >= 0.6 is 0 Å². The van der Waals surface area contributed by atoms with E-state index in [1.807, 2.05) is 77.1 Å². The average Bonchev–Trinajstić information content (AvgIpc) is 3.45. The van der Waals surface area contributed by atoms with Crippen LogP contribution in [0.3, 0.4) is 0 Å². The summed E-state index contributed by atoms with van der Waals surface area (Å²) in [5.41, 5.74) is 2.48. The van der Waals surface area contributed by atoms with Gasteiger partial charge in [-0.3, -0.25) is 4.90 Å². The molecule has 0 spiro atoms. The summed E-state index contributed by atoms with van der Waals surface area (Å²) in [6.07, 6.45) is 2.13. The highest BCUT2D eigenvalue weighted by Crippen LogP contribution is 2.26. The van der Waals surface area contributed by atoms with Gasteiger partial charge in [0.15, 0.2) is 0 Å². The Morgan fingerprint density at radius 2 is 1.74 bits per heavy atom. The van der Waals surface area contributed by atoms with Gasteiger partial charge in [-0.15, -0.1) is 0 Å². The molecule has 0 saturated heterocycles. The standard InChI is InChI=1S/C21H26N2O2.C2H6/c1-21(2,3)25-20(24)23(19-10-5-4-6-11-19)15-16-8-7-9-18(14-16)22-17-12-13-17;1-2/h4-11,14,17,22H,12-13,15H2,1-3H3;1-2H3. The Kier molecular flexibility index (Phi) is 7.28. The van der Waals surface area contributed by atoms with Crippen LogP contribution in [0.25, 0.3) is 0 Å². The van der Waals surface area contributed by atoms with Crippen LogP contribution in [-0.4, -0.2) is 17.7 Å². The van der Waals surface area contributed by atoms with Crippen molar-refractivity contribution in [3.05, 3.63) is 60.2 Å². The third kappa shape index (κ3) is 6.97. The molecule has 4 nitrogen and oxygen atoms in total. The fraction of sp³-hybridized carbons (Fsp3) is 0.435. The summed E-state index contributed by atoms with van der Waals surface area (Å²) >= 11 is 0. The van der Waals surface area contributed by atoms with E-state index in [0.29, 0.717) is 12.6 Å². The van der Waals surface area contributed by atoms with Crippen molar-refractivity contribution in [3.8, 4) is 0 Å². The number of anilines is 2. The second-order valence-corrected chi connectivity index (χ2v) is 7.52. The minimum Gasteiger partial charge on any atom is -0.443 e. The van der Waals surface area contributed by atoms with Crippen LogP contribution in [0.4, 0.5) is 16.2 Å². The van der Waals surface area contributed by atoms with Crippen molar-refractivity contribution in [1.29, 1.82) is 0 Å². The van der Waals surface area contributed by atoms with Crippen LogP contribution in [0, 0.1) is 0 Å². The van der Waals surface area contributed by atoms with Crippen molar-refractivity contribution in [1.82, 2.24) is 0 Å². The fourth-order valence-corrected chi connectivity index (χ4v) is 2.59. The highest BCUT2D eigenvalue weighted by Gasteiger charge is 2.24. The van der Waals surface area contributed by atoms with E-state index in [1.165, 1.54) is 12.8 Å². The number of para-hydroxylation sites is 1. The molecule has 1 saturated carbocycles. The van der Waals surface area contributed by atoms with Crippen molar-refractivity contribution in [2.45, 2.75) is 65.6 Å². The number of benzene rings is 2.